The van der Waals surface area contributed by atoms with Gasteiger partial charge in [0.2, 0.25) is 5.91 Å². The van der Waals surface area contributed by atoms with Crippen LogP contribution in [-0.2, 0) is 20.5 Å². The molecule has 1 aromatic rings. The standard InChI is InChI=1S/C12H19N2O5P/c1-12(2,3)11(15)14(4)10-9(6-5-7-13-10)8-19-20(16,17)18/h5-7H,8H2,1-4H3,(H2,16,17,18). The Balaban J connectivity index is 3.01. The van der Waals surface area contributed by atoms with E-state index in [1.54, 1.807) is 40.0 Å². The molecule has 2 N–H and O–H groups in total. The van der Waals surface area contributed by atoms with E-state index in [1.807, 2.05) is 0 Å². The first-order valence-corrected chi connectivity index (χ1v) is 7.47. The molecule has 0 radical (unpaired) electrons. The maximum absolute atomic E-state index is 12.2. The first-order chi connectivity index (χ1) is 9.02. The number of nitrogens with zero attached hydrogens (tertiary/aromatic N) is 2. The molecule has 7 nitrogen and oxygen atoms in total. The van der Waals surface area contributed by atoms with Gasteiger partial charge in [-0.25, -0.2) is 9.55 Å². The number of carbonyl (C=O) groups excluding carboxylic acids is 1. The Kier molecular flexibility index (Phi) is 5.05. The topological polar surface area (TPSA) is 100.0 Å². The van der Waals surface area contributed by atoms with Crippen molar-refractivity contribution in [2.75, 3.05) is 11.9 Å². The monoisotopic (exact) mass is 302 g/mol. The first kappa shape index (κ1) is 16.8. The predicted molar refractivity (Wildman–Crippen MR) is 73.9 cm³/mol. The smallest absolute Gasteiger partial charge is 0.303 e. The van der Waals surface area contributed by atoms with Crippen LogP contribution in [0.4, 0.5) is 5.82 Å². The third kappa shape index (κ3) is 4.68. The second kappa shape index (κ2) is 6.01. The molecule has 0 saturated heterocycles. The fourth-order valence-electron chi connectivity index (χ4n) is 1.60. The van der Waals surface area contributed by atoms with Gasteiger partial charge >= 0.3 is 7.82 Å². The molecule has 0 aliphatic heterocycles. The van der Waals surface area contributed by atoms with E-state index in [0.29, 0.717) is 11.4 Å². The lowest BCUT2D eigenvalue weighted by molar-refractivity contribution is -0.125. The quantitative estimate of drug-likeness (QED) is 0.821. The van der Waals surface area contributed by atoms with Crippen molar-refractivity contribution in [2.24, 2.45) is 5.41 Å². The molecule has 8 heteroatoms. The molecule has 1 heterocycles. The zero-order valence-corrected chi connectivity index (χ0v) is 12.8. The van der Waals surface area contributed by atoms with Crippen LogP contribution in [0.15, 0.2) is 18.3 Å². The number of phosphoric ester groups is 1. The highest BCUT2D eigenvalue weighted by atomic mass is 31.2. The van der Waals surface area contributed by atoms with Gasteiger partial charge in [-0.2, -0.15) is 0 Å². The van der Waals surface area contributed by atoms with E-state index < -0.39 is 13.2 Å². The zero-order chi connectivity index (χ0) is 15.6. The fourth-order valence-corrected chi connectivity index (χ4v) is 1.91. The van der Waals surface area contributed by atoms with Crippen LogP contribution in [0.25, 0.3) is 0 Å². The van der Waals surface area contributed by atoms with E-state index in [-0.39, 0.29) is 12.5 Å². The molecule has 0 aliphatic rings. The summed E-state index contributed by atoms with van der Waals surface area (Å²) in [6, 6.07) is 3.21. The Morgan fingerprint density at radius 3 is 2.55 bits per heavy atom. The molecule has 20 heavy (non-hydrogen) atoms. The van der Waals surface area contributed by atoms with Crippen molar-refractivity contribution in [2.45, 2.75) is 27.4 Å². The van der Waals surface area contributed by atoms with E-state index in [4.69, 9.17) is 9.79 Å². The molecular formula is C12H19N2O5P. The Hall–Kier alpha value is -1.27. The molecule has 0 aromatic carbocycles. The first-order valence-electron chi connectivity index (χ1n) is 5.94. The Bertz CT molecular complexity index is 535. The van der Waals surface area contributed by atoms with Gasteiger partial charge < -0.3 is 9.79 Å². The minimum atomic E-state index is -4.57. The molecule has 0 bridgehead atoms. The number of pyridine rings is 1. The van der Waals surface area contributed by atoms with Gasteiger partial charge in [-0.15, -0.1) is 0 Å². The second-order valence-electron chi connectivity index (χ2n) is 5.36. The van der Waals surface area contributed by atoms with Gasteiger partial charge in [-0.3, -0.25) is 14.2 Å². The molecule has 0 aliphatic carbocycles. The Labute approximate surface area is 117 Å². The van der Waals surface area contributed by atoms with Crippen molar-refractivity contribution < 1.29 is 23.7 Å². The molecule has 1 amide bonds. The largest absolute Gasteiger partial charge is 0.469 e. The predicted octanol–water partition coefficient (Wildman–Crippen LogP) is 1.70. The van der Waals surface area contributed by atoms with Crippen LogP contribution in [0.1, 0.15) is 26.3 Å². The molecule has 0 spiro atoms. The highest BCUT2D eigenvalue weighted by Gasteiger charge is 2.28. The minimum Gasteiger partial charge on any atom is -0.303 e. The minimum absolute atomic E-state index is 0.159. The maximum atomic E-state index is 12.2. The average molecular weight is 302 g/mol. The van der Waals surface area contributed by atoms with Crippen molar-refractivity contribution >= 4 is 19.5 Å². The lowest BCUT2D eigenvalue weighted by Crippen LogP contribution is -2.37. The number of amides is 1. The van der Waals surface area contributed by atoms with Crippen LogP contribution in [-0.4, -0.2) is 27.7 Å². The van der Waals surface area contributed by atoms with E-state index in [1.165, 1.54) is 11.1 Å². The van der Waals surface area contributed by atoms with Crippen molar-refractivity contribution in [1.82, 2.24) is 4.98 Å². The number of aromatic nitrogens is 1. The second-order valence-corrected chi connectivity index (χ2v) is 6.60. The lowest BCUT2D eigenvalue weighted by Gasteiger charge is -2.26. The number of hydrogen-bond acceptors (Lipinski definition) is 4. The highest BCUT2D eigenvalue weighted by Crippen LogP contribution is 2.37. The van der Waals surface area contributed by atoms with Crippen LogP contribution in [0.2, 0.25) is 0 Å². The molecule has 112 valence electrons. The van der Waals surface area contributed by atoms with E-state index >= 15 is 0 Å². The van der Waals surface area contributed by atoms with Crippen molar-refractivity contribution in [3.63, 3.8) is 0 Å². The summed E-state index contributed by atoms with van der Waals surface area (Å²) in [6.07, 6.45) is 1.50. The van der Waals surface area contributed by atoms with Gasteiger partial charge in [0.05, 0.1) is 6.61 Å². The van der Waals surface area contributed by atoms with E-state index in [9.17, 15) is 9.36 Å². The number of phosphoric acid groups is 1. The SMILES string of the molecule is CN(C(=O)C(C)(C)C)c1ncccc1COP(=O)(O)O. The molecule has 1 rings (SSSR count). The van der Waals surface area contributed by atoms with Gasteiger partial charge in [0.15, 0.2) is 0 Å². The normalized spacial score (nSPS) is 12.3. The summed E-state index contributed by atoms with van der Waals surface area (Å²) in [6.45, 7) is 5.01. The Morgan fingerprint density at radius 2 is 2.05 bits per heavy atom. The van der Waals surface area contributed by atoms with Gasteiger partial charge in [0.1, 0.15) is 5.82 Å². The molecule has 0 unspecified atom stereocenters. The summed E-state index contributed by atoms with van der Waals surface area (Å²) < 4.78 is 15.2. The third-order valence-electron chi connectivity index (χ3n) is 2.52. The molecular weight excluding hydrogens is 283 g/mol. The van der Waals surface area contributed by atoms with E-state index in [0.717, 1.165) is 0 Å². The van der Waals surface area contributed by atoms with Crippen LogP contribution in [0.3, 0.4) is 0 Å². The summed E-state index contributed by atoms with van der Waals surface area (Å²) in [5.74, 6) is 0.162. The van der Waals surface area contributed by atoms with Gasteiger partial charge in [-0.05, 0) is 6.07 Å². The molecule has 0 saturated carbocycles. The van der Waals surface area contributed by atoms with E-state index in [2.05, 4.69) is 9.51 Å². The van der Waals surface area contributed by atoms with Crippen LogP contribution < -0.4 is 4.90 Å². The van der Waals surface area contributed by atoms with Crippen LogP contribution in [0, 0.1) is 5.41 Å². The molecule has 1 aromatic heterocycles. The number of carbonyl (C=O) groups is 1. The molecule has 0 atom stereocenters. The number of rotatable bonds is 4. The summed E-state index contributed by atoms with van der Waals surface area (Å²) >= 11 is 0. The summed E-state index contributed by atoms with van der Waals surface area (Å²) in [4.78, 5) is 35.1. The van der Waals surface area contributed by atoms with Gasteiger partial charge in [-0.1, -0.05) is 26.8 Å². The Morgan fingerprint density at radius 1 is 1.45 bits per heavy atom. The zero-order valence-electron chi connectivity index (χ0n) is 11.9. The van der Waals surface area contributed by atoms with Crippen LogP contribution in [0.5, 0.6) is 0 Å². The van der Waals surface area contributed by atoms with Crippen molar-refractivity contribution in [3.05, 3.63) is 23.9 Å². The van der Waals surface area contributed by atoms with Crippen molar-refractivity contribution in [1.29, 1.82) is 0 Å². The molecule has 0 fully saturated rings. The fraction of sp³-hybridized carbons (Fsp3) is 0.500. The summed E-state index contributed by atoms with van der Waals surface area (Å²) in [5, 5.41) is 0. The van der Waals surface area contributed by atoms with Crippen molar-refractivity contribution in [3.8, 4) is 0 Å². The lowest BCUT2D eigenvalue weighted by atomic mass is 9.95. The van der Waals surface area contributed by atoms with Gasteiger partial charge in [0.25, 0.3) is 0 Å². The average Bonchev–Trinajstić information content (AvgIpc) is 2.33. The van der Waals surface area contributed by atoms with Crippen LogP contribution >= 0.6 is 7.82 Å². The van der Waals surface area contributed by atoms with Gasteiger partial charge in [0, 0.05) is 24.2 Å². The highest BCUT2D eigenvalue weighted by molar-refractivity contribution is 7.46. The number of anilines is 1. The maximum Gasteiger partial charge on any atom is 0.469 e. The third-order valence-corrected chi connectivity index (χ3v) is 2.99. The number of hydrogen-bond donors (Lipinski definition) is 2. The summed E-state index contributed by atoms with van der Waals surface area (Å²) in [5.41, 5.74) is -0.163. The summed E-state index contributed by atoms with van der Waals surface area (Å²) in [7, 11) is -3.00.